The van der Waals surface area contributed by atoms with Gasteiger partial charge in [-0.1, -0.05) is 11.6 Å². The zero-order chi connectivity index (χ0) is 22.0. The molecule has 2 heterocycles. The molecular formula is C20H21ClO9. The van der Waals surface area contributed by atoms with Gasteiger partial charge >= 0.3 is 5.97 Å². The zero-order valence-corrected chi connectivity index (χ0v) is 16.6. The second kappa shape index (κ2) is 7.30. The maximum atomic E-state index is 13.0. The highest BCUT2D eigenvalue weighted by Crippen LogP contribution is 2.58. The van der Waals surface area contributed by atoms with Gasteiger partial charge in [0, 0.05) is 16.9 Å². The van der Waals surface area contributed by atoms with Crippen molar-refractivity contribution in [2.24, 2.45) is 11.3 Å². The number of aliphatic hydroxyl groups is 4. The van der Waals surface area contributed by atoms with Crippen molar-refractivity contribution in [1.82, 2.24) is 0 Å². The maximum absolute atomic E-state index is 13.0. The summed E-state index contributed by atoms with van der Waals surface area (Å²) in [4.78, 5) is 25.1. The number of ether oxygens (including phenoxy) is 1. The summed E-state index contributed by atoms with van der Waals surface area (Å²) < 4.78 is 10.6. The number of carboxylic acids is 1. The van der Waals surface area contributed by atoms with Crippen LogP contribution in [0.15, 0.2) is 22.6 Å². The van der Waals surface area contributed by atoms with Crippen molar-refractivity contribution >= 4 is 34.3 Å². The number of aryl methyl sites for hydroxylation is 1. The van der Waals surface area contributed by atoms with Gasteiger partial charge in [0.1, 0.15) is 24.1 Å². The van der Waals surface area contributed by atoms with Gasteiger partial charge in [0.15, 0.2) is 17.7 Å². The van der Waals surface area contributed by atoms with Crippen LogP contribution in [0.1, 0.15) is 29.0 Å². The Morgan fingerprint density at radius 1 is 1.13 bits per heavy atom. The highest BCUT2D eigenvalue weighted by molar-refractivity contribution is 6.35. The highest BCUT2D eigenvalue weighted by Gasteiger charge is 2.65. The van der Waals surface area contributed by atoms with Crippen molar-refractivity contribution in [3.63, 3.8) is 0 Å². The normalized spacial score (nSPS) is 36.1. The molecule has 1 saturated carbocycles. The van der Waals surface area contributed by atoms with Gasteiger partial charge in [0.2, 0.25) is 0 Å². The van der Waals surface area contributed by atoms with Crippen LogP contribution >= 0.6 is 11.6 Å². The number of halogens is 1. The fraction of sp³-hybridized carbons (Fsp3) is 0.500. The number of fused-ring (bicyclic) bond motifs is 1. The smallest absolute Gasteiger partial charge is 0.310 e. The van der Waals surface area contributed by atoms with Gasteiger partial charge in [-0.2, -0.15) is 0 Å². The fourth-order valence-electron chi connectivity index (χ4n) is 4.24. The van der Waals surface area contributed by atoms with Crippen molar-refractivity contribution in [3.8, 4) is 0 Å². The number of Topliss-reactive ketones (excluding diaryl/α,β-unsaturated/α-hetero) is 1. The molecule has 9 nitrogen and oxygen atoms in total. The molecule has 1 saturated heterocycles. The number of benzene rings is 1. The van der Waals surface area contributed by atoms with Crippen LogP contribution in [0.4, 0.5) is 0 Å². The molecule has 1 unspecified atom stereocenters. The number of ketones is 1. The van der Waals surface area contributed by atoms with Gasteiger partial charge in [-0.3, -0.25) is 9.59 Å². The molecule has 0 bridgehead atoms. The van der Waals surface area contributed by atoms with Gasteiger partial charge < -0.3 is 34.7 Å². The first-order chi connectivity index (χ1) is 14.0. The van der Waals surface area contributed by atoms with E-state index in [1.165, 1.54) is 6.07 Å². The third-order valence-corrected chi connectivity index (χ3v) is 6.33. The van der Waals surface area contributed by atoms with E-state index in [0.29, 0.717) is 16.7 Å². The minimum Gasteiger partial charge on any atom is -0.481 e. The lowest BCUT2D eigenvalue weighted by Gasteiger charge is -2.39. The first kappa shape index (κ1) is 21.2. The molecule has 7 atom stereocenters. The summed E-state index contributed by atoms with van der Waals surface area (Å²) in [7, 11) is 0. The minimum absolute atomic E-state index is 0.00254. The molecular weight excluding hydrogens is 420 g/mol. The third-order valence-electron chi connectivity index (χ3n) is 6.05. The second-order valence-corrected chi connectivity index (χ2v) is 8.46. The molecule has 1 aromatic heterocycles. The van der Waals surface area contributed by atoms with Crippen LogP contribution < -0.4 is 0 Å². The summed E-state index contributed by atoms with van der Waals surface area (Å²) in [6.45, 7) is 1.74. The van der Waals surface area contributed by atoms with E-state index in [9.17, 15) is 35.1 Å². The van der Waals surface area contributed by atoms with Gasteiger partial charge in [0.05, 0.1) is 16.5 Å². The summed E-state index contributed by atoms with van der Waals surface area (Å²) in [5.74, 6) is -1.96. The number of furan rings is 1. The average Bonchev–Trinajstić information content (AvgIpc) is 3.29. The molecule has 4 rings (SSSR count). The molecule has 2 fully saturated rings. The Morgan fingerprint density at radius 3 is 2.50 bits per heavy atom. The number of hydrogen-bond donors (Lipinski definition) is 5. The van der Waals surface area contributed by atoms with E-state index in [0.717, 1.165) is 0 Å². The van der Waals surface area contributed by atoms with E-state index in [2.05, 4.69) is 0 Å². The molecule has 0 radical (unpaired) electrons. The molecule has 1 aliphatic carbocycles. The monoisotopic (exact) mass is 440 g/mol. The summed E-state index contributed by atoms with van der Waals surface area (Å²) in [5.41, 5.74) is -0.855. The Morgan fingerprint density at radius 2 is 1.83 bits per heavy atom. The van der Waals surface area contributed by atoms with Gasteiger partial charge in [-0.25, -0.2) is 0 Å². The predicted octanol–water partition coefficient (Wildman–Crippen LogP) is 0.858. The number of aliphatic hydroxyl groups excluding tert-OH is 4. The molecule has 1 aromatic carbocycles. The molecule has 30 heavy (non-hydrogen) atoms. The van der Waals surface area contributed by atoms with Gasteiger partial charge in [-0.15, -0.1) is 0 Å². The Balaban J connectivity index is 1.58. The Hall–Kier alpha value is -2.01. The molecule has 0 spiro atoms. The van der Waals surface area contributed by atoms with Crippen LogP contribution in [0.25, 0.3) is 11.0 Å². The number of hydrogen-bond acceptors (Lipinski definition) is 8. The van der Waals surface area contributed by atoms with Crippen molar-refractivity contribution in [2.75, 3.05) is 0 Å². The lowest BCUT2D eigenvalue weighted by molar-refractivity contribution is -0.284. The van der Waals surface area contributed by atoms with E-state index >= 15 is 0 Å². The zero-order valence-electron chi connectivity index (χ0n) is 15.9. The lowest BCUT2D eigenvalue weighted by atomic mass is 9.87. The minimum atomic E-state index is -1.78. The predicted molar refractivity (Wildman–Crippen MR) is 102 cm³/mol. The number of carbonyl (C=O) groups excluding carboxylic acids is 1. The summed E-state index contributed by atoms with van der Waals surface area (Å²) >= 11 is 6.20. The standard InChI is InChI=1S/C20H21ClO9/c1-7-2-9-3-8(4-11(21)17(9)29-7)13(22)10-5-20(10,19(27)28)6-12-14(23)15(24)16(25)18(26)30-12/h2-4,10,12,14-16,18,23-26H,5-6H2,1H3,(H,27,28)/t10-,12?,14+,15+,16-,18+,20+/m1/s1. The highest BCUT2D eigenvalue weighted by atomic mass is 35.5. The first-order valence-corrected chi connectivity index (χ1v) is 9.78. The molecule has 5 N–H and O–H groups in total. The molecule has 2 aliphatic rings. The number of rotatable bonds is 5. The summed E-state index contributed by atoms with van der Waals surface area (Å²) in [6, 6.07) is 4.73. The Labute approximate surface area is 175 Å². The van der Waals surface area contributed by atoms with Crippen LogP contribution in [0, 0.1) is 18.3 Å². The van der Waals surface area contributed by atoms with Crippen molar-refractivity contribution in [3.05, 3.63) is 34.5 Å². The first-order valence-electron chi connectivity index (χ1n) is 9.40. The van der Waals surface area contributed by atoms with Crippen molar-refractivity contribution in [1.29, 1.82) is 0 Å². The van der Waals surface area contributed by atoms with E-state index in [1.54, 1.807) is 19.1 Å². The van der Waals surface area contributed by atoms with Gasteiger partial charge in [-0.05, 0) is 38.0 Å². The van der Waals surface area contributed by atoms with E-state index < -0.39 is 53.8 Å². The average molecular weight is 441 g/mol. The largest absolute Gasteiger partial charge is 0.481 e. The summed E-state index contributed by atoms with van der Waals surface area (Å²) in [6.07, 6.45) is -8.41. The fourth-order valence-corrected chi connectivity index (χ4v) is 4.50. The van der Waals surface area contributed by atoms with Crippen LogP contribution in [0.3, 0.4) is 0 Å². The third kappa shape index (κ3) is 3.31. The quantitative estimate of drug-likeness (QED) is 0.425. The SMILES string of the molecule is Cc1cc2cc(C(=O)[C@H]3C[C@@]3(CC3O[C@H](O)[C@H](O)[C@@H](O)[C@H]3O)C(=O)O)cc(Cl)c2o1. The Kier molecular flexibility index (Phi) is 5.16. The van der Waals surface area contributed by atoms with Crippen molar-refractivity contribution < 1.29 is 44.3 Å². The van der Waals surface area contributed by atoms with E-state index in [4.69, 9.17) is 20.8 Å². The summed E-state index contributed by atoms with van der Waals surface area (Å²) in [5, 5.41) is 49.9. The van der Waals surface area contributed by atoms with Crippen LogP contribution in [0.5, 0.6) is 0 Å². The molecule has 2 aromatic rings. The van der Waals surface area contributed by atoms with E-state index in [1.807, 2.05) is 0 Å². The second-order valence-electron chi connectivity index (χ2n) is 8.06. The van der Waals surface area contributed by atoms with Crippen LogP contribution in [-0.2, 0) is 9.53 Å². The van der Waals surface area contributed by atoms with E-state index in [-0.39, 0.29) is 23.4 Å². The molecule has 10 heteroatoms. The van der Waals surface area contributed by atoms with Gasteiger partial charge in [0.25, 0.3) is 0 Å². The topological polar surface area (TPSA) is 158 Å². The van der Waals surface area contributed by atoms with Crippen LogP contribution in [-0.4, -0.2) is 68.0 Å². The molecule has 162 valence electrons. The maximum Gasteiger partial charge on any atom is 0.310 e. The lowest BCUT2D eigenvalue weighted by Crippen LogP contribution is -2.58. The number of carboxylic acid groups (broad SMARTS) is 1. The number of aliphatic carboxylic acids is 1. The Bertz CT molecular complexity index is 1020. The molecule has 1 aliphatic heterocycles. The van der Waals surface area contributed by atoms with Crippen molar-refractivity contribution in [2.45, 2.75) is 50.5 Å². The van der Waals surface area contributed by atoms with Crippen LogP contribution in [0.2, 0.25) is 5.02 Å². The number of carbonyl (C=O) groups is 2. The molecule has 0 amide bonds.